The Kier molecular flexibility index (Phi) is 4.18. The van der Waals surface area contributed by atoms with Crippen LogP contribution in [0.15, 0.2) is 18.2 Å². The number of piperidine rings is 1. The van der Waals surface area contributed by atoms with E-state index >= 15 is 0 Å². The highest BCUT2D eigenvalue weighted by atomic mass is 35.5. The van der Waals surface area contributed by atoms with E-state index in [1.165, 1.54) is 6.42 Å². The Bertz CT molecular complexity index is 431. The number of benzene rings is 1. The highest BCUT2D eigenvalue weighted by Crippen LogP contribution is 2.30. The molecule has 1 amide bonds. The van der Waals surface area contributed by atoms with Crippen LogP contribution in [0.4, 0.5) is 0 Å². The van der Waals surface area contributed by atoms with Crippen molar-refractivity contribution < 1.29 is 4.79 Å². The second kappa shape index (κ2) is 5.50. The molecule has 1 aliphatic rings. The van der Waals surface area contributed by atoms with Crippen LogP contribution in [-0.4, -0.2) is 22.9 Å². The van der Waals surface area contributed by atoms with Crippen molar-refractivity contribution in [1.82, 2.24) is 4.90 Å². The maximum Gasteiger partial charge on any atom is 0.257 e. The standard InChI is InChI=1S/C14H17Cl2NO/c1-9-5-3-6-10(2)17(9)14(18)13-11(15)7-4-8-12(13)16/h4,7-10H,3,5-6H2,1-2H3/t9-,10-/m0/s1. The molecule has 0 aliphatic carbocycles. The maximum atomic E-state index is 12.6. The molecule has 0 spiro atoms. The van der Waals surface area contributed by atoms with E-state index in [9.17, 15) is 4.79 Å². The van der Waals surface area contributed by atoms with Crippen LogP contribution in [0, 0.1) is 0 Å². The minimum atomic E-state index is -0.0506. The molecular weight excluding hydrogens is 269 g/mol. The molecule has 0 saturated carbocycles. The monoisotopic (exact) mass is 285 g/mol. The highest BCUT2D eigenvalue weighted by molar-refractivity contribution is 6.39. The first-order valence-electron chi connectivity index (χ1n) is 6.29. The molecule has 2 rings (SSSR count). The van der Waals surface area contributed by atoms with E-state index < -0.39 is 0 Å². The van der Waals surface area contributed by atoms with Crippen molar-refractivity contribution in [3.8, 4) is 0 Å². The van der Waals surface area contributed by atoms with Gasteiger partial charge in [-0.15, -0.1) is 0 Å². The van der Waals surface area contributed by atoms with Gasteiger partial charge in [-0.3, -0.25) is 4.79 Å². The number of carbonyl (C=O) groups excluding carboxylic acids is 1. The Balaban J connectivity index is 2.35. The van der Waals surface area contributed by atoms with Crippen LogP contribution >= 0.6 is 23.2 Å². The van der Waals surface area contributed by atoms with Gasteiger partial charge in [0.2, 0.25) is 0 Å². The summed E-state index contributed by atoms with van der Waals surface area (Å²) in [7, 11) is 0. The Labute approximate surface area is 118 Å². The molecule has 1 fully saturated rings. The van der Waals surface area contributed by atoms with Crippen LogP contribution in [0.5, 0.6) is 0 Å². The van der Waals surface area contributed by atoms with Gasteiger partial charge in [0.25, 0.3) is 5.91 Å². The molecule has 98 valence electrons. The summed E-state index contributed by atoms with van der Waals surface area (Å²) in [5.74, 6) is -0.0506. The summed E-state index contributed by atoms with van der Waals surface area (Å²) >= 11 is 12.2. The number of carbonyl (C=O) groups is 1. The van der Waals surface area contributed by atoms with Crippen molar-refractivity contribution in [2.45, 2.75) is 45.2 Å². The molecule has 1 saturated heterocycles. The van der Waals surface area contributed by atoms with Crippen LogP contribution < -0.4 is 0 Å². The van der Waals surface area contributed by atoms with E-state index in [-0.39, 0.29) is 18.0 Å². The lowest BCUT2D eigenvalue weighted by Crippen LogP contribution is -2.47. The number of nitrogens with zero attached hydrogens (tertiary/aromatic N) is 1. The molecule has 0 aromatic heterocycles. The number of halogens is 2. The fourth-order valence-corrected chi connectivity index (χ4v) is 3.21. The van der Waals surface area contributed by atoms with Crippen molar-refractivity contribution in [3.05, 3.63) is 33.8 Å². The number of amides is 1. The minimum absolute atomic E-state index is 0.0506. The fraction of sp³-hybridized carbons (Fsp3) is 0.500. The molecule has 2 nitrogen and oxygen atoms in total. The molecule has 18 heavy (non-hydrogen) atoms. The van der Waals surface area contributed by atoms with Crippen molar-refractivity contribution >= 4 is 29.1 Å². The minimum Gasteiger partial charge on any atom is -0.333 e. The molecule has 0 N–H and O–H groups in total. The summed E-state index contributed by atoms with van der Waals surface area (Å²) in [6.07, 6.45) is 3.25. The van der Waals surface area contributed by atoms with E-state index in [0.717, 1.165) is 12.8 Å². The van der Waals surface area contributed by atoms with Gasteiger partial charge in [-0.05, 0) is 45.2 Å². The van der Waals surface area contributed by atoms with E-state index in [0.29, 0.717) is 15.6 Å². The molecule has 1 heterocycles. The second-order valence-corrected chi connectivity index (χ2v) is 5.75. The van der Waals surface area contributed by atoms with Gasteiger partial charge in [-0.25, -0.2) is 0 Å². The molecule has 1 aliphatic heterocycles. The molecule has 1 aromatic carbocycles. The summed E-state index contributed by atoms with van der Waals surface area (Å²) in [5, 5.41) is 0.856. The third-order valence-electron chi connectivity index (χ3n) is 3.60. The zero-order valence-electron chi connectivity index (χ0n) is 10.6. The van der Waals surface area contributed by atoms with E-state index in [1.54, 1.807) is 18.2 Å². The highest BCUT2D eigenvalue weighted by Gasteiger charge is 2.31. The zero-order chi connectivity index (χ0) is 13.3. The van der Waals surface area contributed by atoms with Crippen LogP contribution in [-0.2, 0) is 0 Å². The predicted molar refractivity (Wildman–Crippen MR) is 75.4 cm³/mol. The summed E-state index contributed by atoms with van der Waals surface area (Å²) in [5.41, 5.74) is 0.432. The first kappa shape index (κ1) is 13.7. The lowest BCUT2D eigenvalue weighted by atomic mass is 9.96. The Morgan fingerprint density at radius 3 is 2.17 bits per heavy atom. The smallest absolute Gasteiger partial charge is 0.257 e. The number of likely N-dealkylation sites (tertiary alicyclic amines) is 1. The van der Waals surface area contributed by atoms with Crippen LogP contribution in [0.3, 0.4) is 0 Å². The van der Waals surface area contributed by atoms with Gasteiger partial charge in [0.15, 0.2) is 0 Å². The number of hydrogen-bond acceptors (Lipinski definition) is 1. The van der Waals surface area contributed by atoms with Crippen molar-refractivity contribution in [2.24, 2.45) is 0 Å². The Morgan fingerprint density at radius 1 is 1.17 bits per heavy atom. The van der Waals surface area contributed by atoms with Crippen LogP contribution in [0.1, 0.15) is 43.5 Å². The summed E-state index contributed by atoms with van der Waals surface area (Å²) in [6.45, 7) is 4.16. The van der Waals surface area contributed by atoms with E-state index in [2.05, 4.69) is 13.8 Å². The lowest BCUT2D eigenvalue weighted by molar-refractivity contribution is 0.0511. The van der Waals surface area contributed by atoms with E-state index in [1.807, 2.05) is 4.90 Å². The van der Waals surface area contributed by atoms with Gasteiger partial charge in [0.05, 0.1) is 15.6 Å². The quantitative estimate of drug-likeness (QED) is 0.749. The van der Waals surface area contributed by atoms with Gasteiger partial charge in [-0.1, -0.05) is 29.3 Å². The average Bonchev–Trinajstić information content (AvgIpc) is 2.28. The second-order valence-electron chi connectivity index (χ2n) is 4.94. The molecule has 4 heteroatoms. The molecular formula is C14H17Cl2NO. The molecule has 0 unspecified atom stereocenters. The lowest BCUT2D eigenvalue weighted by Gasteiger charge is -2.39. The first-order valence-corrected chi connectivity index (χ1v) is 7.04. The third kappa shape index (κ3) is 2.50. The molecule has 0 radical (unpaired) electrons. The van der Waals surface area contributed by atoms with Crippen LogP contribution in [0.25, 0.3) is 0 Å². The molecule has 0 bridgehead atoms. The van der Waals surface area contributed by atoms with Gasteiger partial charge in [-0.2, -0.15) is 0 Å². The van der Waals surface area contributed by atoms with Gasteiger partial charge in [0, 0.05) is 12.1 Å². The average molecular weight is 286 g/mol. The third-order valence-corrected chi connectivity index (χ3v) is 4.23. The topological polar surface area (TPSA) is 20.3 Å². The number of hydrogen-bond donors (Lipinski definition) is 0. The fourth-order valence-electron chi connectivity index (χ4n) is 2.65. The summed E-state index contributed by atoms with van der Waals surface area (Å²) in [6, 6.07) is 5.66. The summed E-state index contributed by atoms with van der Waals surface area (Å²) < 4.78 is 0. The predicted octanol–water partition coefficient (Wildman–Crippen LogP) is 4.40. The Morgan fingerprint density at radius 2 is 1.67 bits per heavy atom. The first-order chi connectivity index (χ1) is 8.52. The zero-order valence-corrected chi connectivity index (χ0v) is 12.1. The van der Waals surface area contributed by atoms with Crippen molar-refractivity contribution in [3.63, 3.8) is 0 Å². The Hall–Kier alpha value is -0.730. The largest absolute Gasteiger partial charge is 0.333 e. The van der Waals surface area contributed by atoms with Gasteiger partial charge in [0.1, 0.15) is 0 Å². The SMILES string of the molecule is C[C@H]1CCC[C@H](C)N1C(=O)c1c(Cl)cccc1Cl. The van der Waals surface area contributed by atoms with Gasteiger partial charge < -0.3 is 4.90 Å². The summed E-state index contributed by atoms with van der Waals surface area (Å²) in [4.78, 5) is 14.5. The molecule has 1 aromatic rings. The van der Waals surface area contributed by atoms with E-state index in [4.69, 9.17) is 23.2 Å². The van der Waals surface area contributed by atoms with Crippen molar-refractivity contribution in [1.29, 1.82) is 0 Å². The van der Waals surface area contributed by atoms with Gasteiger partial charge >= 0.3 is 0 Å². The number of rotatable bonds is 1. The van der Waals surface area contributed by atoms with Crippen molar-refractivity contribution in [2.75, 3.05) is 0 Å². The maximum absolute atomic E-state index is 12.6. The molecule has 2 atom stereocenters. The van der Waals surface area contributed by atoms with Crippen LogP contribution in [0.2, 0.25) is 10.0 Å². The normalized spacial score (nSPS) is 24.1.